The van der Waals surface area contributed by atoms with Gasteiger partial charge in [0, 0.05) is 5.33 Å². The third-order valence-electron chi connectivity index (χ3n) is 1.71. The lowest BCUT2D eigenvalue weighted by molar-refractivity contribution is 0.0503. The number of esters is 1. The number of halogens is 1. The molecule has 0 saturated carbocycles. The van der Waals surface area contributed by atoms with Gasteiger partial charge in [-0.3, -0.25) is 0 Å². The number of phenols is 2. The van der Waals surface area contributed by atoms with Crippen LogP contribution < -0.4 is 0 Å². The van der Waals surface area contributed by atoms with Crippen molar-refractivity contribution in [1.82, 2.24) is 0 Å². The van der Waals surface area contributed by atoms with Crippen molar-refractivity contribution in [3.05, 3.63) is 23.8 Å². The van der Waals surface area contributed by atoms with Crippen molar-refractivity contribution in [3.63, 3.8) is 0 Å². The molecule has 0 heterocycles. The molecule has 0 radical (unpaired) electrons. The maximum absolute atomic E-state index is 11.4. The lowest BCUT2D eigenvalue weighted by Crippen LogP contribution is -2.06. The molecule has 0 aliphatic heterocycles. The molecule has 0 atom stereocenters. The fourth-order valence-electron chi connectivity index (χ4n) is 0.985. The van der Waals surface area contributed by atoms with Crippen molar-refractivity contribution in [1.29, 1.82) is 0 Å². The second-order valence-corrected chi connectivity index (χ2v) is 3.67. The molecule has 0 amide bonds. The number of ether oxygens (including phenoxy) is 1. The predicted octanol–water partition coefficient (Wildman–Crippen LogP) is 2.04. The lowest BCUT2D eigenvalue weighted by Gasteiger charge is -2.05. The molecule has 0 spiro atoms. The van der Waals surface area contributed by atoms with Gasteiger partial charge in [0.2, 0.25) is 0 Å². The minimum Gasteiger partial charge on any atom is -0.508 e. The number of rotatable bonds is 4. The summed E-state index contributed by atoms with van der Waals surface area (Å²) in [5.74, 6) is -0.916. The van der Waals surface area contributed by atoms with E-state index in [1.165, 1.54) is 18.2 Å². The summed E-state index contributed by atoms with van der Waals surface area (Å²) in [5, 5.41) is 19.2. The van der Waals surface area contributed by atoms with Crippen LogP contribution in [0.25, 0.3) is 0 Å². The van der Waals surface area contributed by atoms with Crippen LogP contribution in [0.2, 0.25) is 0 Å². The van der Waals surface area contributed by atoms with Crippen molar-refractivity contribution < 1.29 is 19.7 Å². The molecule has 2 N–H and O–H groups in total. The summed E-state index contributed by atoms with van der Waals surface area (Å²) in [6, 6.07) is 3.72. The monoisotopic (exact) mass is 274 g/mol. The first kappa shape index (κ1) is 11.8. The van der Waals surface area contributed by atoms with E-state index in [0.717, 1.165) is 5.33 Å². The number of hydrogen-bond donors (Lipinski definition) is 2. The van der Waals surface area contributed by atoms with Crippen molar-refractivity contribution in [3.8, 4) is 11.5 Å². The summed E-state index contributed by atoms with van der Waals surface area (Å²) in [7, 11) is 0. The first-order valence-corrected chi connectivity index (χ1v) is 5.52. The zero-order valence-corrected chi connectivity index (χ0v) is 9.53. The van der Waals surface area contributed by atoms with Gasteiger partial charge in [-0.05, 0) is 24.6 Å². The van der Waals surface area contributed by atoms with Crippen LogP contribution in [0.15, 0.2) is 18.2 Å². The predicted molar refractivity (Wildman–Crippen MR) is 58.5 cm³/mol. The van der Waals surface area contributed by atoms with Gasteiger partial charge in [-0.15, -0.1) is 0 Å². The molecule has 5 heteroatoms. The van der Waals surface area contributed by atoms with E-state index >= 15 is 0 Å². The standard InChI is InChI=1S/C10H11BrO4/c11-4-1-5-15-10(14)8-6-7(12)2-3-9(8)13/h2-3,6,12-13H,1,4-5H2. The molecule has 4 nitrogen and oxygen atoms in total. The first-order valence-electron chi connectivity index (χ1n) is 4.40. The molecule has 1 rings (SSSR count). The van der Waals surface area contributed by atoms with Crippen LogP contribution in [0.1, 0.15) is 16.8 Å². The smallest absolute Gasteiger partial charge is 0.342 e. The zero-order valence-electron chi connectivity index (χ0n) is 7.94. The highest BCUT2D eigenvalue weighted by Gasteiger charge is 2.12. The molecule has 1 aromatic carbocycles. The number of phenolic OH excluding ortho intramolecular Hbond substituents is 2. The van der Waals surface area contributed by atoms with E-state index in [1.54, 1.807) is 0 Å². The normalized spacial score (nSPS) is 9.93. The Bertz CT molecular complexity index is 351. The van der Waals surface area contributed by atoms with E-state index in [-0.39, 0.29) is 23.7 Å². The molecular formula is C10H11BrO4. The molecule has 0 fully saturated rings. The maximum atomic E-state index is 11.4. The Morgan fingerprint density at radius 2 is 2.13 bits per heavy atom. The highest BCUT2D eigenvalue weighted by Crippen LogP contribution is 2.22. The molecule has 1 aromatic rings. The Labute approximate surface area is 95.6 Å². The largest absolute Gasteiger partial charge is 0.508 e. The van der Waals surface area contributed by atoms with Crippen molar-refractivity contribution >= 4 is 21.9 Å². The molecule has 0 bridgehead atoms. The van der Waals surface area contributed by atoms with Crippen LogP contribution in [0, 0.1) is 0 Å². The average Bonchev–Trinajstić information content (AvgIpc) is 2.22. The summed E-state index contributed by atoms with van der Waals surface area (Å²) < 4.78 is 4.86. The van der Waals surface area contributed by atoms with E-state index in [1.807, 2.05) is 0 Å². The molecule has 0 unspecified atom stereocenters. The Morgan fingerprint density at radius 3 is 2.80 bits per heavy atom. The van der Waals surface area contributed by atoms with Crippen molar-refractivity contribution in [2.24, 2.45) is 0 Å². The molecular weight excluding hydrogens is 264 g/mol. The van der Waals surface area contributed by atoms with E-state index in [2.05, 4.69) is 15.9 Å². The zero-order chi connectivity index (χ0) is 11.3. The second-order valence-electron chi connectivity index (χ2n) is 2.88. The lowest BCUT2D eigenvalue weighted by atomic mass is 10.2. The van der Waals surface area contributed by atoms with Crippen molar-refractivity contribution in [2.75, 3.05) is 11.9 Å². The van der Waals surface area contributed by atoms with Gasteiger partial charge in [-0.2, -0.15) is 0 Å². The minimum atomic E-state index is -0.635. The van der Waals surface area contributed by atoms with Crippen molar-refractivity contribution in [2.45, 2.75) is 6.42 Å². The summed E-state index contributed by atoms with van der Waals surface area (Å²) in [5.41, 5.74) is -0.0235. The Balaban J connectivity index is 2.68. The Morgan fingerprint density at radius 1 is 1.40 bits per heavy atom. The van der Waals surface area contributed by atoms with Crippen LogP contribution in [0.5, 0.6) is 11.5 Å². The fraction of sp³-hybridized carbons (Fsp3) is 0.300. The van der Waals surface area contributed by atoms with Gasteiger partial charge >= 0.3 is 5.97 Å². The number of benzene rings is 1. The van der Waals surface area contributed by atoms with Crippen LogP contribution in [0.3, 0.4) is 0 Å². The third-order valence-corrected chi connectivity index (χ3v) is 2.27. The molecule has 82 valence electrons. The van der Waals surface area contributed by atoms with Gasteiger partial charge in [-0.25, -0.2) is 4.79 Å². The maximum Gasteiger partial charge on any atom is 0.342 e. The third kappa shape index (κ3) is 3.43. The summed E-state index contributed by atoms with van der Waals surface area (Å²) in [6.07, 6.45) is 0.700. The van der Waals surface area contributed by atoms with Gasteiger partial charge in [0.1, 0.15) is 17.1 Å². The van der Waals surface area contributed by atoms with E-state index in [4.69, 9.17) is 9.84 Å². The van der Waals surface area contributed by atoms with Gasteiger partial charge < -0.3 is 14.9 Å². The topological polar surface area (TPSA) is 66.8 Å². The molecule has 0 saturated heterocycles. The number of hydrogen-bond acceptors (Lipinski definition) is 4. The van der Waals surface area contributed by atoms with Gasteiger partial charge in [0.25, 0.3) is 0 Å². The number of carbonyl (C=O) groups is 1. The molecule has 0 aliphatic rings. The number of carbonyl (C=O) groups excluding carboxylic acids is 1. The van der Waals surface area contributed by atoms with Crippen LogP contribution in [-0.2, 0) is 4.74 Å². The molecule has 15 heavy (non-hydrogen) atoms. The van der Waals surface area contributed by atoms with Gasteiger partial charge in [-0.1, -0.05) is 15.9 Å². The van der Waals surface area contributed by atoms with E-state index in [0.29, 0.717) is 6.42 Å². The van der Waals surface area contributed by atoms with Crippen LogP contribution in [-0.4, -0.2) is 28.1 Å². The first-order chi connectivity index (χ1) is 7.15. The van der Waals surface area contributed by atoms with Crippen LogP contribution >= 0.6 is 15.9 Å². The second kappa shape index (κ2) is 5.60. The van der Waals surface area contributed by atoms with Gasteiger partial charge in [0.15, 0.2) is 0 Å². The summed E-state index contributed by atoms with van der Waals surface area (Å²) in [4.78, 5) is 11.4. The quantitative estimate of drug-likeness (QED) is 0.382. The minimum absolute atomic E-state index is 0.0235. The number of alkyl halides is 1. The molecule has 0 aromatic heterocycles. The van der Waals surface area contributed by atoms with Gasteiger partial charge in [0.05, 0.1) is 6.61 Å². The number of aromatic hydroxyl groups is 2. The Kier molecular flexibility index (Phi) is 4.42. The van der Waals surface area contributed by atoms with E-state index < -0.39 is 5.97 Å². The highest BCUT2D eigenvalue weighted by molar-refractivity contribution is 9.09. The fourth-order valence-corrected chi connectivity index (χ4v) is 1.21. The summed E-state index contributed by atoms with van der Waals surface area (Å²) >= 11 is 3.20. The van der Waals surface area contributed by atoms with E-state index in [9.17, 15) is 9.90 Å². The SMILES string of the molecule is O=C(OCCCBr)c1cc(O)ccc1O. The van der Waals surface area contributed by atoms with Crippen LogP contribution in [0.4, 0.5) is 0 Å². The highest BCUT2D eigenvalue weighted by atomic mass is 79.9. The summed E-state index contributed by atoms with van der Waals surface area (Å²) in [6.45, 7) is 0.277. The molecule has 0 aliphatic carbocycles. The average molecular weight is 275 g/mol. The Hall–Kier alpha value is -1.23.